The zero-order valence-corrected chi connectivity index (χ0v) is 12.8. The van der Waals surface area contributed by atoms with Crippen LogP contribution >= 0.6 is 11.3 Å². The number of hydrogen-bond acceptors (Lipinski definition) is 3. The van der Waals surface area contributed by atoms with Crippen LogP contribution in [0.2, 0.25) is 0 Å². The molecule has 2 N–H and O–H groups in total. The Bertz CT molecular complexity index is 503. The molecule has 3 amide bonds. The molecule has 2 saturated heterocycles. The fourth-order valence-corrected chi connectivity index (χ4v) is 3.97. The Balaban J connectivity index is 1.65. The van der Waals surface area contributed by atoms with Crippen LogP contribution in [0.5, 0.6) is 0 Å². The van der Waals surface area contributed by atoms with E-state index in [1.54, 1.807) is 11.3 Å². The van der Waals surface area contributed by atoms with Gasteiger partial charge in [-0.1, -0.05) is 6.07 Å². The Kier molecular flexibility index (Phi) is 4.43. The van der Waals surface area contributed by atoms with Crippen molar-refractivity contribution in [2.24, 2.45) is 0 Å². The second-order valence-electron chi connectivity index (χ2n) is 5.66. The Morgan fingerprint density at radius 3 is 3.05 bits per heavy atom. The van der Waals surface area contributed by atoms with Gasteiger partial charge in [-0.25, -0.2) is 4.79 Å². The minimum absolute atomic E-state index is 0.0484. The summed E-state index contributed by atoms with van der Waals surface area (Å²) in [6, 6.07) is 3.78. The summed E-state index contributed by atoms with van der Waals surface area (Å²) in [5.74, 6) is -0.0484. The number of likely N-dealkylation sites (tertiary alicyclic amines) is 1. The number of nitrogens with one attached hydrogen (secondary N) is 2. The maximum Gasteiger partial charge on any atom is 0.318 e. The molecule has 114 valence electrons. The van der Waals surface area contributed by atoms with Crippen molar-refractivity contribution in [3.8, 4) is 0 Å². The summed E-state index contributed by atoms with van der Waals surface area (Å²) >= 11 is 1.69. The monoisotopic (exact) mass is 307 g/mol. The van der Waals surface area contributed by atoms with Crippen molar-refractivity contribution < 1.29 is 9.59 Å². The molecule has 3 heterocycles. The molecule has 0 spiro atoms. The zero-order chi connectivity index (χ0) is 14.7. The first-order chi connectivity index (χ1) is 10.3. The van der Waals surface area contributed by atoms with Gasteiger partial charge in [-0.3, -0.25) is 4.79 Å². The lowest BCUT2D eigenvalue weighted by Gasteiger charge is -2.26. The normalized spacial score (nSPS) is 26.3. The molecular formula is C15H21N3O2S. The van der Waals surface area contributed by atoms with Crippen molar-refractivity contribution in [3.05, 3.63) is 22.4 Å². The van der Waals surface area contributed by atoms with Crippen LogP contribution in [0, 0.1) is 0 Å². The number of thiophene rings is 1. The SMILES string of the molecule is O=C1NCCCC[C@H]1NC(=O)N1CCC[C@H]1c1cccs1. The van der Waals surface area contributed by atoms with Gasteiger partial charge in [0, 0.05) is 18.0 Å². The molecule has 0 bridgehead atoms. The molecule has 0 aliphatic carbocycles. The molecule has 2 aliphatic heterocycles. The first kappa shape index (κ1) is 14.4. The summed E-state index contributed by atoms with van der Waals surface area (Å²) in [7, 11) is 0. The van der Waals surface area contributed by atoms with Crippen molar-refractivity contribution in [1.82, 2.24) is 15.5 Å². The number of nitrogens with zero attached hydrogens (tertiary/aromatic N) is 1. The maximum atomic E-state index is 12.5. The third-order valence-electron chi connectivity index (χ3n) is 4.22. The van der Waals surface area contributed by atoms with E-state index in [1.807, 2.05) is 16.3 Å². The second-order valence-corrected chi connectivity index (χ2v) is 6.63. The third-order valence-corrected chi connectivity index (χ3v) is 5.19. The average molecular weight is 307 g/mol. The largest absolute Gasteiger partial charge is 0.354 e. The van der Waals surface area contributed by atoms with E-state index < -0.39 is 0 Å². The van der Waals surface area contributed by atoms with Gasteiger partial charge in [0.2, 0.25) is 5.91 Å². The predicted octanol–water partition coefficient (Wildman–Crippen LogP) is 2.26. The topological polar surface area (TPSA) is 61.4 Å². The Labute approximate surface area is 128 Å². The minimum atomic E-state index is -0.385. The van der Waals surface area contributed by atoms with Crippen LogP contribution in [0.1, 0.15) is 43.0 Å². The summed E-state index contributed by atoms with van der Waals surface area (Å²) in [6.45, 7) is 1.48. The van der Waals surface area contributed by atoms with Crippen LogP contribution in [-0.4, -0.2) is 36.0 Å². The molecule has 6 heteroatoms. The van der Waals surface area contributed by atoms with E-state index in [-0.39, 0.29) is 24.0 Å². The Morgan fingerprint density at radius 1 is 1.33 bits per heavy atom. The van der Waals surface area contributed by atoms with Crippen LogP contribution in [0.15, 0.2) is 17.5 Å². The summed E-state index contributed by atoms with van der Waals surface area (Å²) in [4.78, 5) is 27.6. The second kappa shape index (κ2) is 6.47. The van der Waals surface area contributed by atoms with Crippen LogP contribution in [0.4, 0.5) is 4.79 Å². The van der Waals surface area contributed by atoms with Crippen molar-refractivity contribution in [2.45, 2.75) is 44.2 Å². The number of rotatable bonds is 2. The summed E-state index contributed by atoms with van der Waals surface area (Å²) in [5, 5.41) is 7.83. The summed E-state index contributed by atoms with van der Waals surface area (Å²) in [5.41, 5.74) is 0. The molecule has 2 fully saturated rings. The Morgan fingerprint density at radius 2 is 2.24 bits per heavy atom. The van der Waals surface area contributed by atoms with E-state index in [1.165, 1.54) is 4.88 Å². The average Bonchev–Trinajstić information content (AvgIpc) is 3.12. The van der Waals surface area contributed by atoms with E-state index in [9.17, 15) is 9.59 Å². The molecule has 1 aromatic rings. The lowest BCUT2D eigenvalue weighted by atomic mass is 10.1. The van der Waals surface area contributed by atoms with Gasteiger partial charge in [-0.2, -0.15) is 0 Å². The van der Waals surface area contributed by atoms with E-state index in [0.717, 1.165) is 38.6 Å². The van der Waals surface area contributed by atoms with Gasteiger partial charge in [0.05, 0.1) is 6.04 Å². The highest BCUT2D eigenvalue weighted by Gasteiger charge is 2.32. The molecule has 3 rings (SSSR count). The molecule has 5 nitrogen and oxygen atoms in total. The summed E-state index contributed by atoms with van der Waals surface area (Å²) in [6.07, 6.45) is 4.71. The Hall–Kier alpha value is -1.56. The molecular weight excluding hydrogens is 286 g/mol. The third kappa shape index (κ3) is 3.20. The first-order valence-electron chi connectivity index (χ1n) is 7.64. The van der Waals surface area contributed by atoms with Crippen molar-refractivity contribution >= 4 is 23.3 Å². The number of urea groups is 1. The molecule has 0 aromatic carbocycles. The quantitative estimate of drug-likeness (QED) is 0.880. The van der Waals surface area contributed by atoms with Gasteiger partial charge in [-0.15, -0.1) is 11.3 Å². The van der Waals surface area contributed by atoms with E-state index >= 15 is 0 Å². The highest BCUT2D eigenvalue weighted by molar-refractivity contribution is 7.10. The molecule has 2 atom stereocenters. The van der Waals surface area contributed by atoms with Gasteiger partial charge in [-0.05, 0) is 43.6 Å². The predicted molar refractivity (Wildman–Crippen MR) is 82.2 cm³/mol. The minimum Gasteiger partial charge on any atom is -0.354 e. The first-order valence-corrected chi connectivity index (χ1v) is 8.52. The van der Waals surface area contributed by atoms with Crippen molar-refractivity contribution in [3.63, 3.8) is 0 Å². The maximum absolute atomic E-state index is 12.5. The molecule has 21 heavy (non-hydrogen) atoms. The van der Waals surface area contributed by atoms with Crippen molar-refractivity contribution in [2.75, 3.05) is 13.1 Å². The smallest absolute Gasteiger partial charge is 0.318 e. The number of carbonyl (C=O) groups excluding carboxylic acids is 2. The van der Waals surface area contributed by atoms with E-state index in [4.69, 9.17) is 0 Å². The van der Waals surface area contributed by atoms with Gasteiger partial charge in [0.15, 0.2) is 0 Å². The zero-order valence-electron chi connectivity index (χ0n) is 12.0. The van der Waals surface area contributed by atoms with E-state index in [2.05, 4.69) is 16.7 Å². The van der Waals surface area contributed by atoms with Gasteiger partial charge < -0.3 is 15.5 Å². The van der Waals surface area contributed by atoms with Gasteiger partial charge in [0.25, 0.3) is 0 Å². The summed E-state index contributed by atoms with van der Waals surface area (Å²) < 4.78 is 0. The molecule has 0 saturated carbocycles. The molecule has 1 aromatic heterocycles. The van der Waals surface area contributed by atoms with Gasteiger partial charge in [0.1, 0.15) is 6.04 Å². The highest BCUT2D eigenvalue weighted by atomic mass is 32.1. The number of carbonyl (C=O) groups is 2. The molecule has 0 unspecified atom stereocenters. The highest BCUT2D eigenvalue weighted by Crippen LogP contribution is 2.34. The lowest BCUT2D eigenvalue weighted by Crippen LogP contribution is -2.50. The van der Waals surface area contributed by atoms with Crippen molar-refractivity contribution in [1.29, 1.82) is 0 Å². The van der Waals surface area contributed by atoms with Crippen LogP contribution in [0.3, 0.4) is 0 Å². The van der Waals surface area contributed by atoms with Gasteiger partial charge >= 0.3 is 6.03 Å². The number of hydrogen-bond donors (Lipinski definition) is 2. The van der Waals surface area contributed by atoms with E-state index in [0.29, 0.717) is 6.54 Å². The number of amides is 3. The fraction of sp³-hybridized carbons (Fsp3) is 0.600. The molecule has 0 radical (unpaired) electrons. The molecule has 2 aliphatic rings. The lowest BCUT2D eigenvalue weighted by molar-refractivity contribution is -0.122. The fourth-order valence-electron chi connectivity index (χ4n) is 3.10. The van der Waals surface area contributed by atoms with Crippen LogP contribution < -0.4 is 10.6 Å². The van der Waals surface area contributed by atoms with Crippen LogP contribution in [-0.2, 0) is 4.79 Å². The van der Waals surface area contributed by atoms with Crippen LogP contribution in [0.25, 0.3) is 0 Å². The standard InChI is InChI=1S/C15H21N3O2S/c19-14-11(5-1-2-8-16-14)17-15(20)18-9-3-6-12(18)13-7-4-10-21-13/h4,7,10-12H,1-3,5-6,8-9H2,(H,16,19)(H,17,20)/t11-,12+/m1/s1.